The van der Waals surface area contributed by atoms with Gasteiger partial charge in [-0.25, -0.2) is 4.79 Å². The van der Waals surface area contributed by atoms with Crippen molar-refractivity contribution in [2.45, 2.75) is 31.6 Å². The van der Waals surface area contributed by atoms with E-state index in [0.29, 0.717) is 6.42 Å². The van der Waals surface area contributed by atoms with E-state index in [0.717, 1.165) is 5.75 Å². The highest BCUT2D eigenvalue weighted by Crippen LogP contribution is 2.23. The fourth-order valence-electron chi connectivity index (χ4n) is 1.65. The Morgan fingerprint density at radius 3 is 2.60 bits per heavy atom. The molecule has 1 saturated heterocycles. The molecule has 1 aliphatic rings. The Bertz CT molecular complexity index is 377. The van der Waals surface area contributed by atoms with Gasteiger partial charge in [0.25, 0.3) is 5.91 Å². The summed E-state index contributed by atoms with van der Waals surface area (Å²) in [6.45, 7) is 1.92. The number of esters is 1. The van der Waals surface area contributed by atoms with Crippen molar-refractivity contribution in [2.75, 3.05) is 25.7 Å². The van der Waals surface area contributed by atoms with Crippen LogP contribution in [-0.2, 0) is 23.9 Å². The summed E-state index contributed by atoms with van der Waals surface area (Å²) >= 11 is 1.58. The fraction of sp³-hybridized carbons (Fsp3) is 0.750. The van der Waals surface area contributed by atoms with E-state index in [4.69, 9.17) is 9.47 Å². The summed E-state index contributed by atoms with van der Waals surface area (Å²) in [5.41, 5.74) is 0. The molecule has 0 aromatic heterocycles. The van der Waals surface area contributed by atoms with Crippen LogP contribution in [0.1, 0.15) is 13.3 Å². The Morgan fingerprint density at radius 2 is 2.05 bits per heavy atom. The molecule has 1 aliphatic heterocycles. The zero-order chi connectivity index (χ0) is 15.1. The van der Waals surface area contributed by atoms with Crippen LogP contribution in [-0.4, -0.2) is 61.7 Å². The first kappa shape index (κ1) is 16.8. The minimum Gasteiger partial charge on any atom is -0.464 e. The lowest BCUT2D eigenvalue weighted by molar-refractivity contribution is -0.144. The molecule has 0 aromatic rings. The molecule has 2 amide bonds. The summed E-state index contributed by atoms with van der Waals surface area (Å²) in [5, 5.41) is 5.09. The van der Waals surface area contributed by atoms with Crippen LogP contribution in [0.4, 0.5) is 0 Å². The third-order valence-corrected chi connectivity index (χ3v) is 3.40. The van der Waals surface area contributed by atoms with E-state index in [9.17, 15) is 14.4 Å². The largest absolute Gasteiger partial charge is 0.464 e. The van der Waals surface area contributed by atoms with E-state index < -0.39 is 30.1 Å². The number of ether oxygens (including phenoxy) is 2. The molecule has 0 radical (unpaired) electrons. The third-order valence-electron chi connectivity index (χ3n) is 2.76. The number of carbonyl (C=O) groups excluding carboxylic acids is 3. The van der Waals surface area contributed by atoms with Crippen molar-refractivity contribution in [3.05, 3.63) is 0 Å². The molecule has 0 spiro atoms. The van der Waals surface area contributed by atoms with Crippen LogP contribution in [0.2, 0.25) is 0 Å². The molecule has 0 saturated carbocycles. The van der Waals surface area contributed by atoms with Gasteiger partial charge in [-0.1, -0.05) is 0 Å². The maximum Gasteiger partial charge on any atom is 0.338 e. The normalized spacial score (nSPS) is 21.8. The summed E-state index contributed by atoms with van der Waals surface area (Å²) in [6, 6.07) is -0.619. The summed E-state index contributed by atoms with van der Waals surface area (Å²) in [7, 11) is 1.51. The summed E-state index contributed by atoms with van der Waals surface area (Å²) in [5.74, 6) is -0.530. The number of nitrogens with one attached hydrogen (secondary N) is 2. The highest BCUT2D eigenvalue weighted by molar-refractivity contribution is 7.98. The van der Waals surface area contributed by atoms with Crippen LogP contribution >= 0.6 is 11.8 Å². The highest BCUT2D eigenvalue weighted by Gasteiger charge is 2.52. The number of epoxide rings is 1. The number of carbonyl (C=O) groups is 3. The van der Waals surface area contributed by atoms with Gasteiger partial charge < -0.3 is 20.1 Å². The van der Waals surface area contributed by atoms with E-state index in [1.165, 1.54) is 7.05 Å². The molecule has 0 aromatic carbocycles. The topological polar surface area (TPSA) is 97.0 Å². The van der Waals surface area contributed by atoms with Gasteiger partial charge in [-0.3, -0.25) is 9.59 Å². The number of likely N-dealkylation sites (N-methyl/N-ethyl adjacent to an activating group) is 1. The molecule has 0 aliphatic carbocycles. The van der Waals surface area contributed by atoms with Gasteiger partial charge in [0.1, 0.15) is 6.04 Å². The Kier molecular flexibility index (Phi) is 6.80. The van der Waals surface area contributed by atoms with Crippen LogP contribution in [0, 0.1) is 0 Å². The molecule has 0 bridgehead atoms. The fourth-order valence-corrected chi connectivity index (χ4v) is 2.12. The predicted octanol–water partition coefficient (Wildman–Crippen LogP) is -0.699. The summed E-state index contributed by atoms with van der Waals surface area (Å²) < 4.78 is 9.75. The van der Waals surface area contributed by atoms with Gasteiger partial charge in [0.15, 0.2) is 12.2 Å². The SMILES string of the molecule is CCOC(=O)C1O[C@@H]1C(=O)N[C@@H](CCSC)C(=O)NC. The summed E-state index contributed by atoms with van der Waals surface area (Å²) in [4.78, 5) is 34.9. The van der Waals surface area contributed by atoms with E-state index in [2.05, 4.69) is 10.6 Å². The molecule has 20 heavy (non-hydrogen) atoms. The average Bonchev–Trinajstić information content (AvgIpc) is 3.23. The van der Waals surface area contributed by atoms with Crippen molar-refractivity contribution in [2.24, 2.45) is 0 Å². The Balaban J connectivity index is 2.47. The molecular weight excluding hydrogens is 284 g/mol. The van der Waals surface area contributed by atoms with E-state index >= 15 is 0 Å². The van der Waals surface area contributed by atoms with Crippen LogP contribution in [0.25, 0.3) is 0 Å². The third kappa shape index (κ3) is 4.68. The van der Waals surface area contributed by atoms with Crippen molar-refractivity contribution in [3.63, 3.8) is 0 Å². The number of amides is 2. The van der Waals surface area contributed by atoms with Crippen LogP contribution in [0.5, 0.6) is 0 Å². The van der Waals surface area contributed by atoms with Gasteiger partial charge in [-0.15, -0.1) is 0 Å². The second-order valence-electron chi connectivity index (χ2n) is 4.19. The van der Waals surface area contributed by atoms with Gasteiger partial charge in [0.2, 0.25) is 5.91 Å². The quantitative estimate of drug-likeness (QED) is 0.455. The molecule has 1 fully saturated rings. The lowest BCUT2D eigenvalue weighted by atomic mass is 10.2. The Hall–Kier alpha value is -1.28. The average molecular weight is 304 g/mol. The molecule has 2 N–H and O–H groups in total. The second-order valence-corrected chi connectivity index (χ2v) is 5.17. The molecular formula is C12H20N2O5S. The van der Waals surface area contributed by atoms with E-state index in [1.807, 2.05) is 6.26 Å². The molecule has 3 atom stereocenters. The second kappa shape index (κ2) is 8.11. The van der Waals surface area contributed by atoms with E-state index in [-0.39, 0.29) is 12.5 Å². The van der Waals surface area contributed by atoms with Gasteiger partial charge in [0.05, 0.1) is 6.61 Å². The number of hydrogen-bond acceptors (Lipinski definition) is 6. The van der Waals surface area contributed by atoms with Gasteiger partial charge in [0, 0.05) is 7.05 Å². The minimum absolute atomic E-state index is 0.238. The van der Waals surface area contributed by atoms with Crippen LogP contribution < -0.4 is 10.6 Å². The van der Waals surface area contributed by atoms with Crippen molar-refractivity contribution >= 4 is 29.5 Å². The molecule has 1 heterocycles. The maximum absolute atomic E-state index is 11.9. The van der Waals surface area contributed by atoms with Crippen molar-refractivity contribution < 1.29 is 23.9 Å². The first-order valence-electron chi connectivity index (χ1n) is 6.38. The first-order chi connectivity index (χ1) is 9.54. The number of rotatable bonds is 8. The lowest BCUT2D eigenvalue weighted by Gasteiger charge is -2.16. The van der Waals surface area contributed by atoms with Crippen LogP contribution in [0.15, 0.2) is 0 Å². The number of hydrogen-bond donors (Lipinski definition) is 2. The minimum atomic E-state index is -0.851. The van der Waals surface area contributed by atoms with E-state index in [1.54, 1.807) is 18.7 Å². The van der Waals surface area contributed by atoms with Crippen molar-refractivity contribution in [1.29, 1.82) is 0 Å². The van der Waals surface area contributed by atoms with Gasteiger partial charge >= 0.3 is 5.97 Å². The highest BCUT2D eigenvalue weighted by atomic mass is 32.2. The van der Waals surface area contributed by atoms with Crippen molar-refractivity contribution in [1.82, 2.24) is 10.6 Å². The molecule has 114 valence electrons. The zero-order valence-corrected chi connectivity index (χ0v) is 12.6. The zero-order valence-electron chi connectivity index (χ0n) is 11.8. The van der Waals surface area contributed by atoms with Gasteiger partial charge in [-0.05, 0) is 25.4 Å². The maximum atomic E-state index is 11.9. The van der Waals surface area contributed by atoms with Crippen LogP contribution in [0.3, 0.4) is 0 Å². The monoisotopic (exact) mass is 304 g/mol. The molecule has 1 rings (SSSR count). The predicted molar refractivity (Wildman–Crippen MR) is 74.3 cm³/mol. The molecule has 1 unspecified atom stereocenters. The number of thioether (sulfide) groups is 1. The smallest absolute Gasteiger partial charge is 0.338 e. The first-order valence-corrected chi connectivity index (χ1v) is 7.77. The van der Waals surface area contributed by atoms with Crippen molar-refractivity contribution in [3.8, 4) is 0 Å². The van der Waals surface area contributed by atoms with Gasteiger partial charge in [-0.2, -0.15) is 11.8 Å². The Morgan fingerprint density at radius 1 is 1.35 bits per heavy atom. The molecule has 8 heteroatoms. The lowest BCUT2D eigenvalue weighted by Crippen LogP contribution is -2.47. The standard InChI is InChI=1S/C12H20N2O5S/c1-4-18-12(17)9-8(19-9)11(16)14-7(5-6-20-3)10(15)13-2/h7-9H,4-6H2,1-3H3,(H,13,15)(H,14,16)/t7-,8-,9?/m0/s1. The summed E-state index contributed by atoms with van der Waals surface area (Å²) in [6.07, 6.45) is 0.740. The molecule has 7 nitrogen and oxygen atoms in total. The Labute approximate surface area is 122 Å².